The lowest BCUT2D eigenvalue weighted by Gasteiger charge is -2.27. The number of nitrogens with zero attached hydrogens (tertiary/aromatic N) is 5. The Morgan fingerprint density at radius 1 is 0.878 bits per heavy atom. The van der Waals surface area contributed by atoms with Crippen molar-refractivity contribution >= 4 is 28.6 Å². The Balaban J connectivity index is 1.16. The number of fused-ring (bicyclic) bond motifs is 1. The second-order valence-electron chi connectivity index (χ2n) is 14.1. The van der Waals surface area contributed by atoms with E-state index in [0.29, 0.717) is 18.9 Å². The molecule has 0 saturated carbocycles. The molecule has 0 spiro atoms. The van der Waals surface area contributed by atoms with Gasteiger partial charge >= 0.3 is 0 Å². The lowest BCUT2D eigenvalue weighted by molar-refractivity contribution is -0.138. The first-order valence-electron chi connectivity index (χ1n) is 17.4. The number of H-pyrrole nitrogens is 2. The predicted molar refractivity (Wildman–Crippen MR) is 191 cm³/mol. The second-order valence-corrected chi connectivity index (χ2v) is 14.1. The fourth-order valence-electron chi connectivity index (χ4n) is 6.58. The number of amides is 2. The highest BCUT2D eigenvalue weighted by Crippen LogP contribution is 2.35. The quantitative estimate of drug-likeness (QED) is 0.158. The molecule has 256 valence electrons. The molecule has 2 saturated heterocycles. The molecule has 2 aliphatic heterocycles. The lowest BCUT2D eigenvalue weighted by Crippen LogP contribution is -2.37. The van der Waals surface area contributed by atoms with Gasteiger partial charge in [0.25, 0.3) is 0 Å². The van der Waals surface area contributed by atoms with E-state index < -0.39 is 0 Å². The van der Waals surface area contributed by atoms with Crippen LogP contribution in [-0.4, -0.2) is 67.5 Å². The Kier molecular flexibility index (Phi) is 9.91. The molecule has 2 amide bonds. The average molecular weight is 662 g/mol. The van der Waals surface area contributed by atoms with Crippen molar-refractivity contribution in [2.24, 2.45) is 28.8 Å². The number of aromatic nitrogens is 4. The summed E-state index contributed by atoms with van der Waals surface area (Å²) >= 11 is 0. The molecular weight excluding hydrogens is 614 g/mol. The largest absolute Gasteiger partial charge is 0.399 e. The van der Waals surface area contributed by atoms with Crippen LogP contribution in [0.15, 0.2) is 53.8 Å². The lowest BCUT2D eigenvalue weighted by atomic mass is 9.96. The van der Waals surface area contributed by atoms with Gasteiger partial charge in [-0.1, -0.05) is 70.7 Å². The maximum atomic E-state index is 13.4. The number of carbonyl (C=O) groups is 2. The summed E-state index contributed by atoms with van der Waals surface area (Å²) in [6, 6.07) is 13.8. The number of oxime groups is 1. The van der Waals surface area contributed by atoms with Gasteiger partial charge in [0.15, 0.2) is 0 Å². The molecule has 4 heterocycles. The molecule has 0 aliphatic carbocycles. The monoisotopic (exact) mass is 661 g/mol. The Hall–Kier alpha value is -4.91. The van der Waals surface area contributed by atoms with Crippen LogP contribution in [0.1, 0.15) is 95.7 Å². The first-order valence-corrected chi connectivity index (χ1v) is 17.4. The zero-order valence-electron chi connectivity index (χ0n) is 29.6. The SMILES string of the molecule is CO/N=C1/C[C@@H](c2nc3ccc(C#Cc4ccc(-c5cnc([C@@H]6CCCN6C(=O)[C@@H](C)C(C)C)[nH]5)cc4)cc3[nH]2)N(C(=O)[C@@H](C)C(C)C)C1. The van der Waals surface area contributed by atoms with E-state index in [1.54, 1.807) is 0 Å². The minimum Gasteiger partial charge on any atom is -0.399 e. The number of carbonyl (C=O) groups excluding carboxylic acids is 2. The highest BCUT2D eigenvalue weighted by atomic mass is 16.6. The number of likely N-dealkylation sites (tertiary alicyclic amines) is 2. The number of aromatic amines is 2. The highest BCUT2D eigenvalue weighted by molar-refractivity contribution is 5.94. The summed E-state index contributed by atoms with van der Waals surface area (Å²) in [6.07, 6.45) is 4.34. The van der Waals surface area contributed by atoms with Gasteiger partial charge in [-0.2, -0.15) is 0 Å². The third-order valence-corrected chi connectivity index (χ3v) is 10.3. The van der Waals surface area contributed by atoms with Crippen LogP contribution in [0.2, 0.25) is 0 Å². The molecule has 0 bridgehead atoms. The zero-order chi connectivity index (χ0) is 34.8. The van der Waals surface area contributed by atoms with Gasteiger partial charge in [-0.3, -0.25) is 9.59 Å². The average Bonchev–Trinajstić information content (AvgIpc) is 3.91. The Morgan fingerprint density at radius 3 is 2.24 bits per heavy atom. The maximum Gasteiger partial charge on any atom is 0.226 e. The van der Waals surface area contributed by atoms with E-state index in [2.05, 4.69) is 59.6 Å². The molecule has 10 nitrogen and oxygen atoms in total. The second kappa shape index (κ2) is 14.3. The molecule has 4 atom stereocenters. The topological polar surface area (TPSA) is 120 Å². The molecule has 0 radical (unpaired) electrons. The standard InChI is InChI=1S/C39H47N7O3/c1-23(2)25(5)38(47)45-18-8-9-34(45)36-40-21-33(43-36)29-15-12-27(13-16-29)10-11-28-14-17-31-32(19-28)42-37(41-31)35-20-30(44-49-7)22-46(35)39(48)26(6)24(3)4/h12-17,19,21,23-26,34-35H,8-9,18,20,22H2,1-7H3,(H,40,43)(H,41,42)/b44-30-/t25-,26-,34-,35-/m0/s1. The molecule has 2 aromatic heterocycles. The van der Waals surface area contributed by atoms with Crippen LogP contribution >= 0.6 is 0 Å². The smallest absolute Gasteiger partial charge is 0.226 e. The van der Waals surface area contributed by atoms with E-state index in [1.165, 1.54) is 7.11 Å². The van der Waals surface area contributed by atoms with E-state index in [-0.39, 0.29) is 41.7 Å². The van der Waals surface area contributed by atoms with Crippen LogP contribution in [0.5, 0.6) is 0 Å². The third-order valence-electron chi connectivity index (χ3n) is 10.3. The molecule has 4 aromatic rings. The number of nitrogens with one attached hydrogen (secondary N) is 2. The molecule has 49 heavy (non-hydrogen) atoms. The van der Waals surface area contributed by atoms with E-state index >= 15 is 0 Å². The number of imidazole rings is 2. The fourth-order valence-corrected chi connectivity index (χ4v) is 6.58. The van der Waals surface area contributed by atoms with Gasteiger partial charge in [0, 0.05) is 35.9 Å². The van der Waals surface area contributed by atoms with Crippen LogP contribution < -0.4 is 0 Å². The molecule has 0 unspecified atom stereocenters. The van der Waals surface area contributed by atoms with E-state index in [1.807, 2.05) is 72.3 Å². The van der Waals surface area contributed by atoms with Crippen LogP contribution in [0.3, 0.4) is 0 Å². The normalized spacial score (nSPS) is 19.9. The minimum atomic E-state index is -0.234. The van der Waals surface area contributed by atoms with E-state index in [0.717, 1.165) is 70.2 Å². The van der Waals surface area contributed by atoms with Gasteiger partial charge in [0.1, 0.15) is 18.8 Å². The number of hydrogen-bond acceptors (Lipinski definition) is 6. The molecule has 2 aromatic carbocycles. The summed E-state index contributed by atoms with van der Waals surface area (Å²) in [7, 11) is 1.53. The van der Waals surface area contributed by atoms with Crippen molar-refractivity contribution in [3.8, 4) is 23.1 Å². The molecule has 2 N–H and O–H groups in total. The van der Waals surface area contributed by atoms with Gasteiger partial charge in [0.05, 0.1) is 47.3 Å². The summed E-state index contributed by atoms with van der Waals surface area (Å²) in [5.41, 5.74) is 6.22. The third kappa shape index (κ3) is 7.12. The number of rotatable bonds is 8. The van der Waals surface area contributed by atoms with Crippen molar-refractivity contribution in [2.45, 2.75) is 72.9 Å². The van der Waals surface area contributed by atoms with Crippen LogP contribution in [0.25, 0.3) is 22.3 Å². The first-order chi connectivity index (χ1) is 23.5. The van der Waals surface area contributed by atoms with Crippen molar-refractivity contribution in [3.63, 3.8) is 0 Å². The van der Waals surface area contributed by atoms with E-state index in [4.69, 9.17) is 9.82 Å². The van der Waals surface area contributed by atoms with Crippen LogP contribution in [-0.2, 0) is 14.4 Å². The van der Waals surface area contributed by atoms with Crippen LogP contribution in [0.4, 0.5) is 0 Å². The summed E-state index contributed by atoms with van der Waals surface area (Å²) < 4.78 is 0. The van der Waals surface area contributed by atoms with Gasteiger partial charge in [-0.25, -0.2) is 9.97 Å². The molecule has 2 aliphatic rings. The number of benzene rings is 2. The van der Waals surface area contributed by atoms with Crippen molar-refractivity contribution in [3.05, 3.63) is 71.4 Å². The zero-order valence-corrected chi connectivity index (χ0v) is 29.6. The molecule has 10 heteroatoms. The van der Waals surface area contributed by atoms with E-state index in [9.17, 15) is 9.59 Å². The van der Waals surface area contributed by atoms with Crippen molar-refractivity contribution in [1.82, 2.24) is 29.7 Å². The maximum absolute atomic E-state index is 13.4. The van der Waals surface area contributed by atoms with Gasteiger partial charge in [-0.05, 0) is 60.6 Å². The number of hydrogen-bond donors (Lipinski definition) is 2. The van der Waals surface area contributed by atoms with Crippen LogP contribution in [0, 0.1) is 35.5 Å². The summed E-state index contributed by atoms with van der Waals surface area (Å²) in [6.45, 7) is 13.5. The molecule has 2 fully saturated rings. The van der Waals surface area contributed by atoms with Gasteiger partial charge in [0.2, 0.25) is 11.8 Å². The Morgan fingerprint density at radius 2 is 1.55 bits per heavy atom. The summed E-state index contributed by atoms with van der Waals surface area (Å²) in [4.78, 5) is 51.9. The highest BCUT2D eigenvalue weighted by Gasteiger charge is 2.39. The van der Waals surface area contributed by atoms with Crippen molar-refractivity contribution in [2.75, 3.05) is 20.2 Å². The first kappa shape index (κ1) is 34.0. The fraction of sp³-hybridized carbons (Fsp3) is 0.462. The van der Waals surface area contributed by atoms with Crippen molar-refractivity contribution < 1.29 is 14.4 Å². The van der Waals surface area contributed by atoms with Crippen molar-refractivity contribution in [1.29, 1.82) is 0 Å². The summed E-state index contributed by atoms with van der Waals surface area (Å²) in [5.74, 6) is 8.87. The predicted octanol–water partition coefficient (Wildman–Crippen LogP) is 6.88. The van der Waals surface area contributed by atoms with Gasteiger partial charge in [-0.15, -0.1) is 0 Å². The molecular formula is C39H47N7O3. The summed E-state index contributed by atoms with van der Waals surface area (Å²) in [5, 5.41) is 4.16. The van der Waals surface area contributed by atoms with Gasteiger partial charge < -0.3 is 24.6 Å². The molecule has 6 rings (SSSR count). The Bertz CT molecular complexity index is 1910. The minimum absolute atomic E-state index is 0.00831. The Labute approximate surface area is 288 Å².